The first kappa shape index (κ1) is 18.3. The molecule has 0 aromatic rings. The van der Waals surface area contributed by atoms with Gasteiger partial charge in [0.1, 0.15) is 6.04 Å². The van der Waals surface area contributed by atoms with Crippen molar-refractivity contribution in [1.82, 2.24) is 20.8 Å². The van der Waals surface area contributed by atoms with Crippen molar-refractivity contribution in [3.63, 3.8) is 0 Å². The summed E-state index contributed by atoms with van der Waals surface area (Å²) in [5, 5.41) is 13.0. The van der Waals surface area contributed by atoms with Gasteiger partial charge in [0.2, 0.25) is 0 Å². The number of carbonyl (C=O) groups is 2. The van der Waals surface area contributed by atoms with E-state index in [9.17, 15) is 23.1 Å². The Hall–Kier alpha value is -1.51. The van der Waals surface area contributed by atoms with Gasteiger partial charge < -0.3 is 15.3 Å². The Morgan fingerprint density at radius 3 is 2.80 bits per heavy atom. The van der Waals surface area contributed by atoms with Crippen molar-refractivity contribution < 1.29 is 36.8 Å². The van der Waals surface area contributed by atoms with Gasteiger partial charge in [-0.2, -0.15) is 13.5 Å². The highest BCUT2D eigenvalue weighted by atomic mass is 32.3. The van der Waals surface area contributed by atoms with Gasteiger partial charge in [-0.15, -0.1) is 4.28 Å². The minimum absolute atomic E-state index is 0.0712. The normalized spacial score (nSPS) is 32.3. The molecule has 3 amide bonds. The zero-order valence-corrected chi connectivity index (χ0v) is 14.0. The topological polar surface area (TPSA) is 158 Å². The molecule has 3 fully saturated rings. The Balaban J connectivity index is 1.52. The molecule has 3 aliphatic rings. The Kier molecular flexibility index (Phi) is 5.13. The number of rotatable bonds is 6. The smallest absolute Gasteiger partial charge is 0.392 e. The highest BCUT2D eigenvalue weighted by molar-refractivity contribution is 7.80. The minimum Gasteiger partial charge on any atom is -0.392 e. The molecule has 13 heteroatoms. The number of nitrogens with one attached hydrogen (secondary N) is 2. The molecular formula is C12H20N4O8S. The van der Waals surface area contributed by atoms with Gasteiger partial charge in [0.25, 0.3) is 5.91 Å². The fraction of sp³-hybridized carbons (Fsp3) is 0.833. The summed E-state index contributed by atoms with van der Waals surface area (Å²) in [6, 6.07) is -2.25. The van der Waals surface area contributed by atoms with Crippen LogP contribution in [0.15, 0.2) is 0 Å². The second-order valence-electron chi connectivity index (χ2n) is 6.28. The highest BCUT2D eigenvalue weighted by Crippen LogP contribution is 2.30. The molecule has 2 bridgehead atoms. The fourth-order valence-corrected chi connectivity index (χ4v) is 3.70. The summed E-state index contributed by atoms with van der Waals surface area (Å²) in [5.74, 6) is -0.529. The van der Waals surface area contributed by atoms with Crippen LogP contribution in [-0.2, 0) is 24.3 Å². The summed E-state index contributed by atoms with van der Waals surface area (Å²) in [6.45, 7) is 0.755. The van der Waals surface area contributed by atoms with Gasteiger partial charge in [0.15, 0.2) is 0 Å². The van der Waals surface area contributed by atoms with E-state index in [4.69, 9.17) is 9.39 Å². The maximum atomic E-state index is 12.2. The Morgan fingerprint density at radius 1 is 1.40 bits per heavy atom. The summed E-state index contributed by atoms with van der Waals surface area (Å²) in [4.78, 5) is 30.7. The van der Waals surface area contributed by atoms with Crippen LogP contribution in [0, 0.1) is 0 Å². The molecule has 1 unspecified atom stereocenters. The van der Waals surface area contributed by atoms with Gasteiger partial charge in [0.05, 0.1) is 18.8 Å². The number of hydrogen-bond donors (Lipinski definition) is 4. The van der Waals surface area contributed by atoms with Crippen LogP contribution in [0.4, 0.5) is 4.79 Å². The first-order valence-corrected chi connectivity index (χ1v) is 9.21. The quantitative estimate of drug-likeness (QED) is 0.295. The number of nitrogens with zero attached hydrogens (tertiary/aromatic N) is 2. The average Bonchev–Trinajstić information content (AvgIpc) is 3.04. The monoisotopic (exact) mass is 380 g/mol. The number of piperidine rings is 1. The lowest BCUT2D eigenvalue weighted by atomic mass is 10.0. The van der Waals surface area contributed by atoms with Crippen molar-refractivity contribution >= 4 is 22.3 Å². The number of urea groups is 1. The number of aliphatic hydroxyl groups excluding tert-OH is 1. The molecule has 12 nitrogen and oxygen atoms in total. The summed E-state index contributed by atoms with van der Waals surface area (Å²) >= 11 is 0. The molecule has 0 aromatic heterocycles. The van der Waals surface area contributed by atoms with E-state index in [1.54, 1.807) is 0 Å². The lowest BCUT2D eigenvalue weighted by Crippen LogP contribution is -2.50. The van der Waals surface area contributed by atoms with E-state index in [0.29, 0.717) is 30.9 Å². The second-order valence-corrected chi connectivity index (χ2v) is 7.29. The van der Waals surface area contributed by atoms with Gasteiger partial charge in [-0.25, -0.2) is 10.3 Å². The predicted octanol–water partition coefficient (Wildman–Crippen LogP) is -2.24. The number of hydrogen-bond acceptors (Lipinski definition) is 8. The molecule has 4 atom stereocenters. The van der Waals surface area contributed by atoms with Gasteiger partial charge in [0, 0.05) is 19.1 Å². The lowest BCUT2D eigenvalue weighted by molar-refractivity contribution is -0.139. The van der Waals surface area contributed by atoms with E-state index in [1.165, 1.54) is 4.90 Å². The molecule has 3 rings (SSSR count). The van der Waals surface area contributed by atoms with Crippen LogP contribution < -0.4 is 10.8 Å². The van der Waals surface area contributed by atoms with Gasteiger partial charge in [-0.3, -0.25) is 14.2 Å². The van der Waals surface area contributed by atoms with Crippen molar-refractivity contribution in [2.75, 3.05) is 19.7 Å². The van der Waals surface area contributed by atoms with Crippen LogP contribution in [0.25, 0.3) is 0 Å². The van der Waals surface area contributed by atoms with Crippen LogP contribution in [-0.4, -0.2) is 83.9 Å². The van der Waals surface area contributed by atoms with E-state index in [-0.39, 0.29) is 19.2 Å². The minimum atomic E-state index is -4.82. The third-order valence-electron chi connectivity index (χ3n) is 4.46. The van der Waals surface area contributed by atoms with Gasteiger partial charge in [-0.1, -0.05) is 0 Å². The number of fused-ring (bicyclic) bond motifs is 2. The largest absolute Gasteiger partial charge is 0.418 e. The molecule has 0 saturated carbocycles. The second kappa shape index (κ2) is 7.01. The molecule has 4 N–H and O–H groups in total. The molecule has 0 spiro atoms. The number of aliphatic hydroxyl groups is 1. The van der Waals surface area contributed by atoms with Crippen molar-refractivity contribution in [2.45, 2.75) is 43.5 Å². The number of β-amino-alcohol motifs (C(OH)–C–C–N with tert-alkyl or cyclic N) is 1. The van der Waals surface area contributed by atoms with Crippen LogP contribution in [0.2, 0.25) is 0 Å². The molecule has 0 radical (unpaired) electrons. The highest BCUT2D eigenvalue weighted by Gasteiger charge is 2.49. The van der Waals surface area contributed by atoms with E-state index in [2.05, 4.69) is 15.1 Å². The van der Waals surface area contributed by atoms with Crippen molar-refractivity contribution in [3.05, 3.63) is 0 Å². The molecule has 142 valence electrons. The standard InChI is InChI=1S/C12H20N4O8S/c17-9-3-7(13-4-9)6-23-14-11(18)10-2-1-8-5-15(10)12(19)16(8)24-25(20,21)22/h7-10,13,17H,1-6H2,(H,14,18)(H,20,21,22)/t7-,8?,9-,10-/m0/s1. The third kappa shape index (κ3) is 4.19. The van der Waals surface area contributed by atoms with Crippen molar-refractivity contribution in [3.8, 4) is 0 Å². The Bertz CT molecular complexity index is 643. The summed E-state index contributed by atoms with van der Waals surface area (Å²) in [6.07, 6.45) is 0.729. The molecular weight excluding hydrogens is 360 g/mol. The summed E-state index contributed by atoms with van der Waals surface area (Å²) in [5.41, 5.74) is 2.28. The van der Waals surface area contributed by atoms with E-state index in [1.807, 2.05) is 0 Å². The van der Waals surface area contributed by atoms with Crippen LogP contribution in [0.3, 0.4) is 0 Å². The first-order chi connectivity index (χ1) is 11.7. The zero-order valence-electron chi connectivity index (χ0n) is 13.2. The maximum absolute atomic E-state index is 12.2. The Labute approximate surface area is 143 Å². The van der Waals surface area contributed by atoms with Crippen molar-refractivity contribution in [1.29, 1.82) is 0 Å². The number of hydroxylamine groups is 3. The van der Waals surface area contributed by atoms with E-state index < -0.39 is 40.5 Å². The average molecular weight is 380 g/mol. The zero-order chi connectivity index (χ0) is 18.2. The van der Waals surface area contributed by atoms with Crippen LogP contribution >= 0.6 is 0 Å². The molecule has 0 aromatic carbocycles. The maximum Gasteiger partial charge on any atom is 0.418 e. The van der Waals surface area contributed by atoms with Crippen molar-refractivity contribution in [2.24, 2.45) is 0 Å². The molecule has 3 aliphatic heterocycles. The Morgan fingerprint density at radius 2 is 2.16 bits per heavy atom. The summed E-state index contributed by atoms with van der Waals surface area (Å²) < 4.78 is 34.7. The molecule has 3 saturated heterocycles. The number of carbonyl (C=O) groups excluding carboxylic acids is 2. The van der Waals surface area contributed by atoms with E-state index >= 15 is 0 Å². The van der Waals surface area contributed by atoms with Gasteiger partial charge >= 0.3 is 16.4 Å². The molecule has 25 heavy (non-hydrogen) atoms. The molecule has 3 heterocycles. The predicted molar refractivity (Wildman–Crippen MR) is 79.9 cm³/mol. The summed E-state index contributed by atoms with van der Waals surface area (Å²) in [7, 11) is -4.82. The molecule has 0 aliphatic carbocycles. The van der Waals surface area contributed by atoms with Gasteiger partial charge in [-0.05, 0) is 19.3 Å². The SMILES string of the molecule is O=C(NOC[C@@H]1C[C@H](O)CN1)[C@@H]1CCC2CN1C(=O)N2OS(=O)(=O)O. The fourth-order valence-electron chi connectivity index (χ4n) is 3.31. The van der Waals surface area contributed by atoms with E-state index in [0.717, 1.165) is 0 Å². The van der Waals surface area contributed by atoms with Crippen LogP contribution in [0.5, 0.6) is 0 Å². The first-order valence-electron chi connectivity index (χ1n) is 7.84. The van der Waals surface area contributed by atoms with Crippen LogP contribution in [0.1, 0.15) is 19.3 Å². The third-order valence-corrected chi connectivity index (χ3v) is 4.81. The lowest BCUT2D eigenvalue weighted by Gasteiger charge is -2.29. The number of amides is 3.